The van der Waals surface area contributed by atoms with E-state index in [4.69, 9.17) is 16.3 Å². The minimum Gasteiger partial charge on any atom is -0.457 e. The second kappa shape index (κ2) is 5.70. The van der Waals surface area contributed by atoms with E-state index in [1.165, 1.54) is 6.20 Å². The number of hydrogen-bond acceptors (Lipinski definition) is 4. The second-order valence-electron chi connectivity index (χ2n) is 2.63. The molecule has 1 aromatic rings. The van der Waals surface area contributed by atoms with Gasteiger partial charge in [-0.15, -0.1) is 5.10 Å². The predicted octanol–water partition coefficient (Wildman–Crippen LogP) is 2.01. The van der Waals surface area contributed by atoms with E-state index in [0.717, 1.165) is 19.3 Å². The molecular formula is C8H12ClN3O. The maximum atomic E-state index is 5.88. The Bertz CT molecular complexity index is 232. The molecule has 0 saturated carbocycles. The summed E-state index contributed by atoms with van der Waals surface area (Å²) >= 11 is 5.88. The van der Waals surface area contributed by atoms with Crippen LogP contribution in [0.25, 0.3) is 0 Å². The lowest BCUT2D eigenvalue weighted by Gasteiger charge is -2.09. The minimum absolute atomic E-state index is 0.323. The molecule has 0 spiro atoms. The Hall–Kier alpha value is -0.900. The van der Waals surface area contributed by atoms with Gasteiger partial charge < -0.3 is 4.74 Å². The van der Waals surface area contributed by atoms with Crippen LogP contribution in [0.5, 0.6) is 5.88 Å². The lowest BCUT2D eigenvalue weighted by Crippen LogP contribution is -2.09. The zero-order valence-corrected chi connectivity index (χ0v) is 8.24. The highest BCUT2D eigenvalue weighted by atomic mass is 35.5. The van der Waals surface area contributed by atoms with Gasteiger partial charge in [-0.3, -0.25) is 0 Å². The van der Waals surface area contributed by atoms with Crippen LogP contribution in [0.3, 0.4) is 0 Å². The molecule has 1 atom stereocenters. The molecule has 0 bridgehead atoms. The van der Waals surface area contributed by atoms with Gasteiger partial charge in [0.15, 0.2) is 5.56 Å². The second-order valence-corrected chi connectivity index (χ2v) is 3.12. The van der Waals surface area contributed by atoms with E-state index in [0.29, 0.717) is 5.88 Å². The summed E-state index contributed by atoms with van der Waals surface area (Å²) in [6.07, 6.45) is 4.50. The van der Waals surface area contributed by atoms with Crippen molar-refractivity contribution in [1.29, 1.82) is 0 Å². The van der Waals surface area contributed by atoms with Crippen LogP contribution in [0.2, 0.25) is 0 Å². The normalized spacial score (nSPS) is 12.5. The van der Waals surface area contributed by atoms with Gasteiger partial charge >= 0.3 is 0 Å². The molecule has 4 nitrogen and oxygen atoms in total. The number of halogens is 1. The number of rotatable bonds is 5. The predicted molar refractivity (Wildman–Crippen MR) is 49.6 cm³/mol. The van der Waals surface area contributed by atoms with Gasteiger partial charge in [-0.05, 0) is 18.1 Å². The molecule has 1 heterocycles. The van der Waals surface area contributed by atoms with Gasteiger partial charge in [0.25, 0.3) is 0 Å². The first-order valence-electron chi connectivity index (χ1n) is 4.28. The van der Waals surface area contributed by atoms with E-state index >= 15 is 0 Å². The third-order valence-electron chi connectivity index (χ3n) is 1.51. The lowest BCUT2D eigenvalue weighted by molar-refractivity contribution is 0.252. The Morgan fingerprint density at radius 2 is 2.46 bits per heavy atom. The van der Waals surface area contributed by atoms with Crippen molar-refractivity contribution in [2.75, 3.05) is 0 Å². The van der Waals surface area contributed by atoms with Crippen molar-refractivity contribution in [3.63, 3.8) is 0 Å². The molecular weight excluding hydrogens is 190 g/mol. The number of aromatic nitrogens is 3. The summed E-state index contributed by atoms with van der Waals surface area (Å²) in [6.45, 7) is 2.11. The zero-order chi connectivity index (χ0) is 9.52. The summed E-state index contributed by atoms with van der Waals surface area (Å²) in [4.78, 5) is 0. The van der Waals surface area contributed by atoms with E-state index in [-0.39, 0.29) is 5.56 Å². The van der Waals surface area contributed by atoms with E-state index in [1.54, 1.807) is 6.07 Å². The molecule has 0 aromatic carbocycles. The Morgan fingerprint density at radius 1 is 1.62 bits per heavy atom. The third kappa shape index (κ3) is 4.03. The van der Waals surface area contributed by atoms with E-state index < -0.39 is 0 Å². The quantitative estimate of drug-likeness (QED) is 0.684. The highest BCUT2D eigenvalue weighted by Gasteiger charge is 2.05. The molecule has 13 heavy (non-hydrogen) atoms. The van der Waals surface area contributed by atoms with Gasteiger partial charge in [0.05, 0.1) is 6.20 Å². The lowest BCUT2D eigenvalue weighted by atomic mass is 10.3. The monoisotopic (exact) mass is 201 g/mol. The first-order chi connectivity index (χ1) is 6.33. The van der Waals surface area contributed by atoms with Crippen LogP contribution >= 0.6 is 11.6 Å². The molecule has 1 aromatic heterocycles. The van der Waals surface area contributed by atoms with Gasteiger partial charge in [-0.2, -0.15) is 0 Å². The Morgan fingerprint density at radius 3 is 3.08 bits per heavy atom. The summed E-state index contributed by atoms with van der Waals surface area (Å²) in [6, 6.07) is 1.63. The molecule has 0 saturated heterocycles. The van der Waals surface area contributed by atoms with E-state index in [2.05, 4.69) is 22.3 Å². The van der Waals surface area contributed by atoms with Crippen LogP contribution in [0.1, 0.15) is 26.2 Å². The standard InChI is InChI=1S/C8H12ClN3O/c1-2-3-4-7(9)13-8-5-6-10-12-11-8/h5-7H,2-4H2,1H3. The minimum atomic E-state index is -0.323. The fraction of sp³-hybridized carbons (Fsp3) is 0.625. The topological polar surface area (TPSA) is 47.9 Å². The molecule has 0 fully saturated rings. The van der Waals surface area contributed by atoms with Crippen LogP contribution in [0.15, 0.2) is 12.3 Å². The van der Waals surface area contributed by atoms with Gasteiger partial charge in [0.2, 0.25) is 5.88 Å². The fourth-order valence-corrected chi connectivity index (χ4v) is 1.09. The van der Waals surface area contributed by atoms with Crippen LogP contribution in [0, 0.1) is 0 Å². The van der Waals surface area contributed by atoms with Crippen molar-refractivity contribution >= 4 is 11.6 Å². The SMILES string of the molecule is CCCCC(Cl)Oc1ccnnn1. The van der Waals surface area contributed by atoms with E-state index in [9.17, 15) is 0 Å². The smallest absolute Gasteiger partial charge is 0.238 e. The largest absolute Gasteiger partial charge is 0.457 e. The Labute approximate surface area is 82.3 Å². The molecule has 0 N–H and O–H groups in total. The molecule has 0 amide bonds. The summed E-state index contributed by atoms with van der Waals surface area (Å²) in [5.41, 5.74) is -0.323. The maximum Gasteiger partial charge on any atom is 0.238 e. The van der Waals surface area contributed by atoms with E-state index in [1.807, 2.05) is 0 Å². The number of hydrogen-bond donors (Lipinski definition) is 0. The zero-order valence-electron chi connectivity index (χ0n) is 7.48. The average molecular weight is 202 g/mol. The molecule has 1 unspecified atom stereocenters. The van der Waals surface area contributed by atoms with Crippen LogP contribution in [-0.4, -0.2) is 21.0 Å². The molecule has 0 aliphatic rings. The summed E-state index contributed by atoms with van der Waals surface area (Å²) in [5.74, 6) is 0.422. The third-order valence-corrected chi connectivity index (χ3v) is 1.82. The Kier molecular flexibility index (Phi) is 4.46. The number of unbranched alkanes of at least 4 members (excludes halogenated alkanes) is 1. The average Bonchev–Trinajstić information content (AvgIpc) is 2.16. The van der Waals surface area contributed by atoms with Crippen molar-refractivity contribution < 1.29 is 4.74 Å². The summed E-state index contributed by atoms with van der Waals surface area (Å²) in [7, 11) is 0. The highest BCUT2D eigenvalue weighted by molar-refractivity contribution is 6.19. The molecule has 0 radical (unpaired) electrons. The van der Waals surface area contributed by atoms with Gasteiger partial charge in [-0.25, -0.2) is 0 Å². The van der Waals surface area contributed by atoms with Crippen molar-refractivity contribution in [1.82, 2.24) is 15.4 Å². The molecule has 0 aliphatic heterocycles. The molecule has 1 rings (SSSR count). The number of alkyl halides is 1. The summed E-state index contributed by atoms with van der Waals surface area (Å²) < 4.78 is 5.27. The van der Waals surface area contributed by atoms with Crippen molar-refractivity contribution in [2.45, 2.75) is 31.7 Å². The van der Waals surface area contributed by atoms with Gasteiger partial charge in [0.1, 0.15) is 0 Å². The van der Waals surface area contributed by atoms with Crippen molar-refractivity contribution in [3.8, 4) is 5.88 Å². The van der Waals surface area contributed by atoms with Crippen LogP contribution in [-0.2, 0) is 0 Å². The first-order valence-corrected chi connectivity index (χ1v) is 4.71. The van der Waals surface area contributed by atoms with Crippen LogP contribution in [0.4, 0.5) is 0 Å². The maximum absolute atomic E-state index is 5.88. The van der Waals surface area contributed by atoms with Gasteiger partial charge in [-0.1, -0.05) is 30.0 Å². The van der Waals surface area contributed by atoms with Gasteiger partial charge in [0, 0.05) is 6.07 Å². The fourth-order valence-electron chi connectivity index (χ4n) is 0.848. The highest BCUT2D eigenvalue weighted by Crippen LogP contribution is 2.12. The summed E-state index contributed by atoms with van der Waals surface area (Å²) in [5, 5.41) is 10.6. The number of nitrogens with zero attached hydrogens (tertiary/aromatic N) is 3. The van der Waals surface area contributed by atoms with Crippen LogP contribution < -0.4 is 4.74 Å². The number of ether oxygens (including phenoxy) is 1. The Balaban J connectivity index is 2.32. The van der Waals surface area contributed by atoms with Crippen molar-refractivity contribution in [3.05, 3.63) is 12.3 Å². The molecule has 0 aliphatic carbocycles. The molecule has 72 valence electrons. The molecule has 5 heteroatoms. The van der Waals surface area contributed by atoms with Crippen molar-refractivity contribution in [2.24, 2.45) is 0 Å². The first kappa shape index (κ1) is 10.2.